The molecule has 0 amide bonds. The Morgan fingerprint density at radius 1 is 1.03 bits per heavy atom. The number of nitrogens with zero attached hydrogens (tertiary/aromatic N) is 6. The van der Waals surface area contributed by atoms with Crippen LogP contribution in [0, 0.1) is 0 Å². The van der Waals surface area contributed by atoms with Crippen LogP contribution in [0.1, 0.15) is 25.3 Å². The SMILES string of the molecule is Nc1ccn(C2CC(OP(=O)(O)OC3CC(n4cnc5c(N)ncnc54)OC3CO)C(CO)O2)c(=O)n1. The Labute approximate surface area is 208 Å². The standard InChI is InChI=1S/C19H25N8O9P/c20-13-1-2-26(19(30)25-13)14-3-9(11(5-28)33-14)35-37(31,32)36-10-4-15(34-12(10)6-29)27-8-24-16-17(21)22-7-23-18(16)27/h1-2,7-12,14-15,28-29H,3-6H2,(H,31,32)(H2,20,25,30)(H2,21,22,23). The van der Waals surface area contributed by atoms with Gasteiger partial charge in [0.1, 0.15) is 54.5 Å². The van der Waals surface area contributed by atoms with E-state index in [4.69, 9.17) is 30.0 Å². The predicted molar refractivity (Wildman–Crippen MR) is 123 cm³/mol. The summed E-state index contributed by atoms with van der Waals surface area (Å²) in [5.74, 6) is 0.197. The number of anilines is 2. The summed E-state index contributed by atoms with van der Waals surface area (Å²) in [6.07, 6.45) is -1.74. The summed E-state index contributed by atoms with van der Waals surface area (Å²) in [6, 6.07) is 1.39. The largest absolute Gasteiger partial charge is 0.472 e. The third-order valence-corrected chi connectivity index (χ3v) is 7.19. The molecule has 0 saturated carbocycles. The van der Waals surface area contributed by atoms with Crippen LogP contribution in [-0.4, -0.2) is 81.8 Å². The molecule has 0 bridgehead atoms. The molecule has 0 aromatic carbocycles. The van der Waals surface area contributed by atoms with E-state index in [0.717, 1.165) is 4.57 Å². The van der Waals surface area contributed by atoms with Gasteiger partial charge in [-0.1, -0.05) is 0 Å². The highest BCUT2D eigenvalue weighted by molar-refractivity contribution is 7.47. The number of ether oxygens (including phenoxy) is 2. The Kier molecular flexibility index (Phi) is 6.95. The van der Waals surface area contributed by atoms with E-state index in [1.165, 1.54) is 24.9 Å². The van der Waals surface area contributed by atoms with Crippen LogP contribution in [0.25, 0.3) is 11.2 Å². The topological polar surface area (TPSA) is 245 Å². The highest BCUT2D eigenvalue weighted by atomic mass is 31.2. The fourth-order valence-electron chi connectivity index (χ4n) is 4.39. The summed E-state index contributed by atoms with van der Waals surface area (Å²) in [5.41, 5.74) is 11.4. The maximum atomic E-state index is 12.9. The molecule has 3 aromatic heterocycles. The number of hydrogen-bond acceptors (Lipinski definition) is 14. The van der Waals surface area contributed by atoms with E-state index in [-0.39, 0.29) is 24.5 Å². The van der Waals surface area contributed by atoms with Gasteiger partial charge in [-0.15, -0.1) is 0 Å². The van der Waals surface area contributed by atoms with Gasteiger partial charge in [-0.2, -0.15) is 4.98 Å². The van der Waals surface area contributed by atoms with Crippen molar-refractivity contribution in [3.05, 3.63) is 35.4 Å². The van der Waals surface area contributed by atoms with Crippen molar-refractivity contribution in [3.8, 4) is 0 Å². The molecule has 2 fully saturated rings. The molecule has 5 rings (SSSR count). The van der Waals surface area contributed by atoms with Crippen molar-refractivity contribution in [2.24, 2.45) is 0 Å². The Hall–Kier alpha value is -3.02. The van der Waals surface area contributed by atoms with Crippen LogP contribution in [-0.2, 0) is 23.1 Å². The summed E-state index contributed by atoms with van der Waals surface area (Å²) >= 11 is 0. The van der Waals surface area contributed by atoms with Gasteiger partial charge in [0.05, 0.1) is 19.5 Å². The molecule has 2 aliphatic rings. The monoisotopic (exact) mass is 540 g/mol. The number of aliphatic hydroxyl groups is 2. The average Bonchev–Trinajstić information content (AvgIpc) is 3.55. The van der Waals surface area contributed by atoms with Gasteiger partial charge in [0.25, 0.3) is 0 Å². The molecule has 5 heterocycles. The molecular formula is C19H25N8O9P. The first-order valence-electron chi connectivity index (χ1n) is 11.2. The number of hydrogen-bond donors (Lipinski definition) is 5. The zero-order chi connectivity index (χ0) is 26.3. The molecule has 200 valence electrons. The lowest BCUT2D eigenvalue weighted by atomic mass is 10.2. The lowest BCUT2D eigenvalue weighted by Gasteiger charge is -2.23. The Morgan fingerprint density at radius 2 is 1.65 bits per heavy atom. The van der Waals surface area contributed by atoms with Crippen molar-refractivity contribution < 1.29 is 38.2 Å². The van der Waals surface area contributed by atoms with Gasteiger partial charge in [0, 0.05) is 19.0 Å². The van der Waals surface area contributed by atoms with E-state index >= 15 is 0 Å². The zero-order valence-corrected chi connectivity index (χ0v) is 20.1. The number of fused-ring (bicyclic) bond motifs is 1. The predicted octanol–water partition coefficient (Wildman–Crippen LogP) is -1.32. The first-order valence-corrected chi connectivity index (χ1v) is 12.7. The van der Waals surface area contributed by atoms with Crippen molar-refractivity contribution in [1.29, 1.82) is 0 Å². The molecule has 7 atom stereocenters. The number of nitrogens with two attached hydrogens (primary N) is 2. The minimum atomic E-state index is -4.76. The Morgan fingerprint density at radius 3 is 2.24 bits per heavy atom. The van der Waals surface area contributed by atoms with Gasteiger partial charge >= 0.3 is 13.5 Å². The van der Waals surface area contributed by atoms with Crippen LogP contribution >= 0.6 is 7.82 Å². The molecule has 17 nitrogen and oxygen atoms in total. The number of phosphoric acid groups is 1. The quantitative estimate of drug-likeness (QED) is 0.208. The molecule has 0 aliphatic carbocycles. The molecule has 2 saturated heterocycles. The lowest BCUT2D eigenvalue weighted by molar-refractivity contribution is -0.0559. The minimum Gasteiger partial charge on any atom is -0.394 e. The molecule has 7 N–H and O–H groups in total. The van der Waals surface area contributed by atoms with Crippen molar-refractivity contribution in [3.63, 3.8) is 0 Å². The second-order valence-corrected chi connectivity index (χ2v) is 9.84. The van der Waals surface area contributed by atoms with Crippen molar-refractivity contribution >= 4 is 30.6 Å². The third-order valence-electron chi connectivity index (χ3n) is 6.12. The highest BCUT2D eigenvalue weighted by Gasteiger charge is 2.46. The second-order valence-electron chi connectivity index (χ2n) is 8.48. The fraction of sp³-hybridized carbons (Fsp3) is 0.526. The van der Waals surface area contributed by atoms with Crippen LogP contribution in [0.5, 0.6) is 0 Å². The smallest absolute Gasteiger partial charge is 0.394 e. The molecule has 7 unspecified atom stereocenters. The summed E-state index contributed by atoms with van der Waals surface area (Å²) in [5, 5.41) is 19.5. The van der Waals surface area contributed by atoms with Gasteiger partial charge in [0.15, 0.2) is 11.5 Å². The van der Waals surface area contributed by atoms with E-state index in [1.807, 2.05) is 0 Å². The number of aromatic nitrogens is 6. The molecule has 2 aliphatic heterocycles. The number of rotatable bonds is 8. The lowest BCUT2D eigenvalue weighted by Crippen LogP contribution is -2.30. The van der Waals surface area contributed by atoms with Crippen molar-refractivity contribution in [1.82, 2.24) is 29.1 Å². The van der Waals surface area contributed by atoms with Crippen molar-refractivity contribution in [2.75, 3.05) is 24.7 Å². The summed E-state index contributed by atoms with van der Waals surface area (Å²) in [7, 11) is -4.76. The van der Waals surface area contributed by atoms with Crippen molar-refractivity contribution in [2.45, 2.75) is 49.7 Å². The van der Waals surface area contributed by atoms with E-state index in [2.05, 4.69) is 19.9 Å². The van der Waals surface area contributed by atoms with Crippen LogP contribution in [0.15, 0.2) is 29.7 Å². The minimum absolute atomic E-state index is 0.0224. The van der Waals surface area contributed by atoms with Gasteiger partial charge in [-0.25, -0.2) is 24.3 Å². The van der Waals surface area contributed by atoms with Crippen LogP contribution in [0.4, 0.5) is 11.6 Å². The van der Waals surface area contributed by atoms with Crippen LogP contribution in [0.2, 0.25) is 0 Å². The highest BCUT2D eigenvalue weighted by Crippen LogP contribution is 2.51. The number of nitrogen functional groups attached to an aromatic ring is 2. The fourth-order valence-corrected chi connectivity index (χ4v) is 5.56. The molecule has 0 radical (unpaired) electrons. The maximum Gasteiger partial charge on any atom is 0.472 e. The van der Waals surface area contributed by atoms with E-state index in [9.17, 15) is 24.5 Å². The van der Waals surface area contributed by atoms with Crippen LogP contribution < -0.4 is 17.2 Å². The zero-order valence-electron chi connectivity index (χ0n) is 19.2. The Balaban J connectivity index is 1.28. The van der Waals surface area contributed by atoms with E-state index < -0.39 is 63.6 Å². The Bertz CT molecular complexity index is 1390. The summed E-state index contributed by atoms with van der Waals surface area (Å²) < 4.78 is 37.8. The summed E-state index contributed by atoms with van der Waals surface area (Å²) in [4.78, 5) is 38.5. The molecule has 3 aromatic rings. The second kappa shape index (κ2) is 10.0. The maximum absolute atomic E-state index is 12.9. The van der Waals surface area contributed by atoms with Gasteiger partial charge in [0.2, 0.25) is 0 Å². The van der Waals surface area contributed by atoms with Gasteiger partial charge in [-0.3, -0.25) is 18.2 Å². The van der Waals surface area contributed by atoms with Gasteiger partial charge in [-0.05, 0) is 6.07 Å². The normalized spacial score (nSPS) is 29.6. The summed E-state index contributed by atoms with van der Waals surface area (Å²) in [6.45, 7) is -1.06. The van der Waals surface area contributed by atoms with E-state index in [0.29, 0.717) is 11.2 Å². The van der Waals surface area contributed by atoms with E-state index in [1.54, 1.807) is 4.57 Å². The molecule has 37 heavy (non-hydrogen) atoms. The van der Waals surface area contributed by atoms with Crippen LogP contribution in [0.3, 0.4) is 0 Å². The third kappa shape index (κ3) is 5.07. The number of phosphoric ester groups is 1. The molecule has 18 heteroatoms. The average molecular weight is 540 g/mol. The van der Waals surface area contributed by atoms with Gasteiger partial charge < -0.3 is 36.0 Å². The first kappa shape index (κ1) is 25.6. The molecular weight excluding hydrogens is 515 g/mol. The number of aliphatic hydroxyl groups excluding tert-OH is 2. The molecule has 0 spiro atoms. The first-order chi connectivity index (χ1) is 17.7. The number of imidazole rings is 1.